The van der Waals surface area contributed by atoms with Crippen LogP contribution in [0.1, 0.15) is 5.69 Å². The van der Waals surface area contributed by atoms with E-state index in [-0.39, 0.29) is 0 Å². The van der Waals surface area contributed by atoms with Gasteiger partial charge >= 0.3 is 12.0 Å². The van der Waals surface area contributed by atoms with Gasteiger partial charge in [0.25, 0.3) is 0 Å². The van der Waals surface area contributed by atoms with E-state index in [1.165, 1.54) is 0 Å². The van der Waals surface area contributed by atoms with Crippen LogP contribution in [0.5, 0.6) is 11.6 Å². The van der Waals surface area contributed by atoms with Gasteiger partial charge in [-0.3, -0.25) is 10.1 Å². The summed E-state index contributed by atoms with van der Waals surface area (Å²) >= 11 is 0. The number of aromatic hydroxyl groups is 1. The summed E-state index contributed by atoms with van der Waals surface area (Å²) in [4.78, 5) is 12.6. The lowest BCUT2D eigenvalue weighted by Gasteiger charge is -2.09. The molecule has 94 valence electrons. The SMILES string of the molecule is NCc1nc(OC(F)(F)F)cc([N+](=O)[O-])c1O. The maximum Gasteiger partial charge on any atom is 0.574 e. The summed E-state index contributed by atoms with van der Waals surface area (Å²) in [7, 11) is 0. The molecule has 3 N–H and O–H groups in total. The highest BCUT2D eigenvalue weighted by Gasteiger charge is 2.33. The summed E-state index contributed by atoms with van der Waals surface area (Å²) < 4.78 is 39.1. The van der Waals surface area contributed by atoms with E-state index in [0.29, 0.717) is 6.07 Å². The largest absolute Gasteiger partial charge is 0.574 e. The minimum absolute atomic E-state index is 0.363. The molecule has 0 amide bonds. The molecule has 0 aliphatic heterocycles. The lowest BCUT2D eigenvalue weighted by atomic mass is 10.3. The third-order valence-corrected chi connectivity index (χ3v) is 1.63. The Kier molecular flexibility index (Phi) is 3.36. The smallest absolute Gasteiger partial charge is 0.501 e. The first-order valence-electron chi connectivity index (χ1n) is 4.07. The zero-order chi connectivity index (χ0) is 13.2. The first kappa shape index (κ1) is 13.0. The Balaban J connectivity index is 3.25. The molecule has 0 aliphatic carbocycles. The van der Waals surface area contributed by atoms with Crippen LogP contribution in [-0.2, 0) is 6.54 Å². The van der Waals surface area contributed by atoms with Crippen LogP contribution in [-0.4, -0.2) is 21.4 Å². The second kappa shape index (κ2) is 4.41. The summed E-state index contributed by atoms with van der Waals surface area (Å²) in [6.07, 6.45) is -5.04. The van der Waals surface area contributed by atoms with Crippen molar-refractivity contribution in [1.82, 2.24) is 4.98 Å². The molecule has 0 radical (unpaired) electrons. The van der Waals surface area contributed by atoms with Crippen LogP contribution in [0.2, 0.25) is 0 Å². The van der Waals surface area contributed by atoms with E-state index < -0.39 is 40.8 Å². The zero-order valence-electron chi connectivity index (χ0n) is 8.06. The quantitative estimate of drug-likeness (QED) is 0.615. The Bertz CT molecular complexity index is 449. The van der Waals surface area contributed by atoms with Crippen LogP contribution in [0.4, 0.5) is 18.9 Å². The molecule has 1 heterocycles. The Morgan fingerprint density at radius 1 is 1.59 bits per heavy atom. The molecule has 0 aliphatic rings. The number of nitrogens with zero attached hydrogens (tertiary/aromatic N) is 2. The second-order valence-corrected chi connectivity index (χ2v) is 2.78. The number of alkyl halides is 3. The van der Waals surface area contributed by atoms with Crippen molar-refractivity contribution < 1.29 is 27.9 Å². The van der Waals surface area contributed by atoms with Crippen LogP contribution in [0, 0.1) is 10.1 Å². The molecule has 1 aromatic heterocycles. The Hall–Kier alpha value is -2.10. The van der Waals surface area contributed by atoms with Crippen molar-refractivity contribution in [3.05, 3.63) is 21.9 Å². The molecule has 1 rings (SSSR count). The van der Waals surface area contributed by atoms with E-state index in [1.807, 2.05) is 0 Å². The molecule has 0 saturated heterocycles. The number of rotatable bonds is 3. The molecule has 0 fully saturated rings. The summed E-state index contributed by atoms with van der Waals surface area (Å²) in [6.45, 7) is -0.471. The summed E-state index contributed by atoms with van der Waals surface area (Å²) in [5.41, 5.74) is 3.65. The Morgan fingerprint density at radius 2 is 2.18 bits per heavy atom. The van der Waals surface area contributed by atoms with Crippen molar-refractivity contribution >= 4 is 5.69 Å². The summed E-state index contributed by atoms with van der Waals surface area (Å²) in [5, 5.41) is 19.7. The summed E-state index contributed by atoms with van der Waals surface area (Å²) in [5.74, 6) is -1.94. The fourth-order valence-electron chi connectivity index (χ4n) is 1.00. The van der Waals surface area contributed by atoms with Gasteiger partial charge in [0.2, 0.25) is 11.6 Å². The van der Waals surface area contributed by atoms with E-state index in [0.717, 1.165) is 0 Å². The van der Waals surface area contributed by atoms with E-state index >= 15 is 0 Å². The maximum atomic E-state index is 11.9. The van der Waals surface area contributed by atoms with Gasteiger partial charge in [-0.15, -0.1) is 13.2 Å². The van der Waals surface area contributed by atoms with Gasteiger partial charge < -0.3 is 15.6 Å². The average Bonchev–Trinajstić information content (AvgIpc) is 2.17. The van der Waals surface area contributed by atoms with Crippen molar-refractivity contribution in [1.29, 1.82) is 0 Å². The third-order valence-electron chi connectivity index (χ3n) is 1.63. The van der Waals surface area contributed by atoms with Gasteiger partial charge in [-0.1, -0.05) is 0 Å². The molecule has 7 nitrogen and oxygen atoms in total. The van der Waals surface area contributed by atoms with Crippen LogP contribution in [0.25, 0.3) is 0 Å². The predicted octanol–water partition coefficient (Wildman–Crippen LogP) is 1.05. The van der Waals surface area contributed by atoms with Crippen molar-refractivity contribution in [3.63, 3.8) is 0 Å². The molecular weight excluding hydrogens is 247 g/mol. The number of hydrogen-bond donors (Lipinski definition) is 2. The van der Waals surface area contributed by atoms with Crippen LogP contribution in [0.15, 0.2) is 6.07 Å². The highest BCUT2D eigenvalue weighted by atomic mass is 19.4. The van der Waals surface area contributed by atoms with E-state index in [9.17, 15) is 28.4 Å². The minimum Gasteiger partial charge on any atom is -0.501 e. The maximum absolute atomic E-state index is 11.9. The fourth-order valence-corrected chi connectivity index (χ4v) is 1.00. The number of nitrogens with two attached hydrogens (primary N) is 1. The molecule has 0 atom stereocenters. The zero-order valence-corrected chi connectivity index (χ0v) is 8.06. The minimum atomic E-state index is -5.04. The topological polar surface area (TPSA) is 112 Å². The van der Waals surface area contributed by atoms with E-state index in [2.05, 4.69) is 9.72 Å². The van der Waals surface area contributed by atoms with Crippen molar-refractivity contribution in [2.24, 2.45) is 5.73 Å². The number of pyridine rings is 1. The first-order chi connectivity index (χ1) is 7.74. The molecule has 0 bridgehead atoms. The van der Waals surface area contributed by atoms with Gasteiger partial charge in [-0.05, 0) is 0 Å². The third kappa shape index (κ3) is 3.17. The van der Waals surface area contributed by atoms with Gasteiger partial charge in [0, 0.05) is 6.54 Å². The molecule has 1 aromatic rings. The highest BCUT2D eigenvalue weighted by Crippen LogP contribution is 2.33. The fraction of sp³-hybridized carbons (Fsp3) is 0.286. The normalized spacial score (nSPS) is 11.3. The number of aromatic nitrogens is 1. The molecular formula is C7H6F3N3O4. The Labute approximate surface area is 91.8 Å². The Morgan fingerprint density at radius 3 is 2.59 bits per heavy atom. The number of halogens is 3. The summed E-state index contributed by atoms with van der Waals surface area (Å²) in [6, 6.07) is 0.363. The molecule has 0 spiro atoms. The molecule has 17 heavy (non-hydrogen) atoms. The second-order valence-electron chi connectivity index (χ2n) is 2.78. The van der Waals surface area contributed by atoms with Crippen LogP contribution < -0.4 is 10.5 Å². The van der Waals surface area contributed by atoms with Crippen LogP contribution >= 0.6 is 0 Å². The molecule has 10 heteroatoms. The average molecular weight is 253 g/mol. The van der Waals surface area contributed by atoms with Gasteiger partial charge in [0.05, 0.1) is 11.0 Å². The molecule has 0 aromatic carbocycles. The molecule has 0 saturated carbocycles. The van der Waals surface area contributed by atoms with Gasteiger partial charge in [-0.25, -0.2) is 4.98 Å². The van der Waals surface area contributed by atoms with E-state index in [1.54, 1.807) is 0 Å². The first-order valence-corrected chi connectivity index (χ1v) is 4.07. The molecule has 0 unspecified atom stereocenters. The highest BCUT2D eigenvalue weighted by molar-refractivity contribution is 5.50. The lowest BCUT2D eigenvalue weighted by Crippen LogP contribution is -2.18. The van der Waals surface area contributed by atoms with Gasteiger partial charge in [-0.2, -0.15) is 0 Å². The monoisotopic (exact) mass is 253 g/mol. The lowest BCUT2D eigenvalue weighted by molar-refractivity contribution is -0.386. The number of hydrogen-bond acceptors (Lipinski definition) is 6. The van der Waals surface area contributed by atoms with Crippen molar-refractivity contribution in [3.8, 4) is 11.6 Å². The van der Waals surface area contributed by atoms with Crippen molar-refractivity contribution in [2.45, 2.75) is 12.9 Å². The van der Waals surface area contributed by atoms with Gasteiger partial charge in [0.1, 0.15) is 5.69 Å². The number of ether oxygens (including phenoxy) is 1. The van der Waals surface area contributed by atoms with Crippen molar-refractivity contribution in [2.75, 3.05) is 0 Å². The van der Waals surface area contributed by atoms with Crippen LogP contribution in [0.3, 0.4) is 0 Å². The predicted molar refractivity (Wildman–Crippen MR) is 47.1 cm³/mol. The standard InChI is InChI=1S/C7H6F3N3O4/c8-7(9,10)17-5-1-4(13(15)16)6(14)3(2-11)12-5/h1,14H,2,11H2. The van der Waals surface area contributed by atoms with E-state index in [4.69, 9.17) is 5.73 Å². The number of nitro groups is 1. The van der Waals surface area contributed by atoms with Gasteiger partial charge in [0.15, 0.2) is 0 Å².